The normalized spacial score (nSPS) is 13.8. The summed E-state index contributed by atoms with van der Waals surface area (Å²) in [5.74, 6) is 0.885. The Morgan fingerprint density at radius 3 is 2.45 bits per heavy atom. The lowest BCUT2D eigenvalue weighted by Crippen LogP contribution is -2.33. The molecule has 0 spiro atoms. The van der Waals surface area contributed by atoms with E-state index >= 15 is 0 Å². The molecule has 2 rings (SSSR count). The molecule has 2 nitrogen and oxygen atoms in total. The molecule has 0 saturated carbocycles. The van der Waals surface area contributed by atoms with Gasteiger partial charge in [-0.05, 0) is 55.2 Å². The molecule has 106 valence electrons. The first-order valence-electron chi connectivity index (χ1n) is 6.69. The van der Waals surface area contributed by atoms with E-state index in [4.69, 9.17) is 10.5 Å². The molecule has 0 aliphatic carbocycles. The maximum Gasteiger partial charge on any atom is 0.118 e. The van der Waals surface area contributed by atoms with E-state index in [9.17, 15) is 0 Å². The van der Waals surface area contributed by atoms with Crippen LogP contribution < -0.4 is 10.5 Å². The summed E-state index contributed by atoms with van der Waals surface area (Å²) < 4.78 is 6.23. The van der Waals surface area contributed by atoms with Gasteiger partial charge in [0.2, 0.25) is 0 Å². The fourth-order valence-electron chi connectivity index (χ4n) is 2.18. The number of ether oxygens (including phenoxy) is 1. The molecule has 0 aliphatic heterocycles. The van der Waals surface area contributed by atoms with Crippen molar-refractivity contribution >= 4 is 15.9 Å². The highest BCUT2D eigenvalue weighted by atomic mass is 79.9. The van der Waals surface area contributed by atoms with Crippen LogP contribution >= 0.6 is 15.9 Å². The van der Waals surface area contributed by atoms with E-state index in [-0.39, 0.29) is 5.54 Å². The Balaban J connectivity index is 2.04. The highest BCUT2D eigenvalue weighted by molar-refractivity contribution is 9.10. The van der Waals surface area contributed by atoms with Crippen LogP contribution in [-0.2, 0) is 12.0 Å². The zero-order valence-corrected chi connectivity index (χ0v) is 13.5. The van der Waals surface area contributed by atoms with Gasteiger partial charge in [0.25, 0.3) is 0 Å². The Morgan fingerprint density at radius 1 is 1.15 bits per heavy atom. The van der Waals surface area contributed by atoms with Gasteiger partial charge in [-0.25, -0.2) is 0 Å². The fraction of sp³-hybridized carbons (Fsp3) is 0.294. The first-order chi connectivity index (χ1) is 9.51. The minimum atomic E-state index is -0.330. The van der Waals surface area contributed by atoms with E-state index < -0.39 is 0 Å². The molecule has 0 aromatic heterocycles. The SMILES string of the molecule is COc1ccc(CCC(C)(N)c2cccc(Br)c2)cc1. The summed E-state index contributed by atoms with van der Waals surface area (Å²) in [6.07, 6.45) is 1.85. The summed E-state index contributed by atoms with van der Waals surface area (Å²) in [6.45, 7) is 2.08. The van der Waals surface area contributed by atoms with Crippen LogP contribution in [0, 0.1) is 0 Å². The standard InChI is InChI=1S/C17H20BrNO/c1-17(19,14-4-3-5-15(18)12-14)11-10-13-6-8-16(20-2)9-7-13/h3-9,12H,10-11,19H2,1-2H3. The first-order valence-corrected chi connectivity index (χ1v) is 7.48. The van der Waals surface area contributed by atoms with Crippen LogP contribution in [0.1, 0.15) is 24.5 Å². The van der Waals surface area contributed by atoms with Crippen molar-refractivity contribution < 1.29 is 4.74 Å². The number of hydrogen-bond donors (Lipinski definition) is 1. The molecule has 0 heterocycles. The molecule has 2 aromatic rings. The second-order valence-electron chi connectivity index (χ2n) is 5.28. The van der Waals surface area contributed by atoms with Gasteiger partial charge in [0.05, 0.1) is 7.11 Å². The van der Waals surface area contributed by atoms with Crippen molar-refractivity contribution in [3.63, 3.8) is 0 Å². The Bertz CT molecular complexity index is 563. The number of hydrogen-bond acceptors (Lipinski definition) is 2. The maximum absolute atomic E-state index is 6.47. The molecule has 0 fully saturated rings. The molecular weight excluding hydrogens is 314 g/mol. The van der Waals surface area contributed by atoms with Crippen LogP contribution in [-0.4, -0.2) is 7.11 Å². The minimum Gasteiger partial charge on any atom is -0.497 e. The topological polar surface area (TPSA) is 35.2 Å². The van der Waals surface area contributed by atoms with Gasteiger partial charge in [0, 0.05) is 10.0 Å². The molecule has 2 N–H and O–H groups in total. The number of methoxy groups -OCH3 is 1. The summed E-state index contributed by atoms with van der Waals surface area (Å²) >= 11 is 3.50. The summed E-state index contributed by atoms with van der Waals surface area (Å²) in [5.41, 5.74) is 8.56. The van der Waals surface area contributed by atoms with E-state index in [2.05, 4.69) is 47.1 Å². The number of nitrogens with two attached hydrogens (primary N) is 1. The molecule has 0 aliphatic rings. The Labute approximate surface area is 129 Å². The van der Waals surface area contributed by atoms with Gasteiger partial charge in [-0.15, -0.1) is 0 Å². The summed E-state index contributed by atoms with van der Waals surface area (Å²) in [4.78, 5) is 0. The van der Waals surface area contributed by atoms with Gasteiger partial charge in [-0.1, -0.05) is 40.2 Å². The average Bonchev–Trinajstić information content (AvgIpc) is 2.46. The quantitative estimate of drug-likeness (QED) is 0.886. The molecule has 0 amide bonds. The van der Waals surface area contributed by atoms with E-state index in [1.54, 1.807) is 7.11 Å². The predicted molar refractivity (Wildman–Crippen MR) is 87.0 cm³/mol. The van der Waals surface area contributed by atoms with Crippen LogP contribution in [0.25, 0.3) is 0 Å². The fourth-order valence-corrected chi connectivity index (χ4v) is 2.58. The molecule has 3 heteroatoms. The molecule has 0 saturated heterocycles. The second kappa shape index (κ2) is 6.42. The minimum absolute atomic E-state index is 0.330. The lowest BCUT2D eigenvalue weighted by Gasteiger charge is -2.25. The van der Waals surface area contributed by atoms with Gasteiger partial charge in [0.15, 0.2) is 0 Å². The molecule has 0 radical (unpaired) electrons. The van der Waals surface area contributed by atoms with Crippen LogP contribution in [0.15, 0.2) is 53.0 Å². The summed E-state index contributed by atoms with van der Waals surface area (Å²) in [5, 5.41) is 0. The lowest BCUT2D eigenvalue weighted by molar-refractivity contribution is 0.414. The van der Waals surface area contributed by atoms with Gasteiger partial charge < -0.3 is 10.5 Å². The molecule has 1 atom stereocenters. The zero-order valence-electron chi connectivity index (χ0n) is 11.9. The Hall–Kier alpha value is -1.32. The van der Waals surface area contributed by atoms with E-state index in [0.29, 0.717) is 0 Å². The molecule has 0 bridgehead atoms. The number of halogens is 1. The lowest BCUT2D eigenvalue weighted by atomic mass is 9.87. The third-order valence-corrected chi connectivity index (χ3v) is 4.07. The molecule has 20 heavy (non-hydrogen) atoms. The van der Waals surface area contributed by atoms with E-state index in [0.717, 1.165) is 28.6 Å². The number of benzene rings is 2. The maximum atomic E-state index is 6.47. The largest absolute Gasteiger partial charge is 0.497 e. The van der Waals surface area contributed by atoms with Gasteiger partial charge in [-0.3, -0.25) is 0 Å². The van der Waals surface area contributed by atoms with E-state index in [1.807, 2.05) is 24.3 Å². The van der Waals surface area contributed by atoms with Crippen LogP contribution in [0.4, 0.5) is 0 Å². The Morgan fingerprint density at radius 2 is 1.85 bits per heavy atom. The van der Waals surface area contributed by atoms with Crippen molar-refractivity contribution in [2.45, 2.75) is 25.3 Å². The highest BCUT2D eigenvalue weighted by Crippen LogP contribution is 2.26. The van der Waals surface area contributed by atoms with Gasteiger partial charge >= 0.3 is 0 Å². The van der Waals surface area contributed by atoms with Gasteiger partial charge in [0.1, 0.15) is 5.75 Å². The molecule has 1 unspecified atom stereocenters. The first kappa shape index (κ1) is 15.1. The average molecular weight is 334 g/mol. The summed E-state index contributed by atoms with van der Waals surface area (Å²) in [7, 11) is 1.68. The third kappa shape index (κ3) is 3.84. The van der Waals surface area contributed by atoms with Crippen LogP contribution in [0.5, 0.6) is 5.75 Å². The van der Waals surface area contributed by atoms with Crippen LogP contribution in [0.3, 0.4) is 0 Å². The monoisotopic (exact) mass is 333 g/mol. The van der Waals surface area contributed by atoms with Gasteiger partial charge in [-0.2, -0.15) is 0 Å². The van der Waals surface area contributed by atoms with Crippen LogP contribution in [0.2, 0.25) is 0 Å². The molecule has 2 aromatic carbocycles. The predicted octanol–water partition coefficient (Wildman–Crippen LogP) is 4.26. The van der Waals surface area contributed by atoms with Crippen molar-refractivity contribution in [1.82, 2.24) is 0 Å². The second-order valence-corrected chi connectivity index (χ2v) is 6.19. The van der Waals surface area contributed by atoms with Crippen molar-refractivity contribution in [3.8, 4) is 5.75 Å². The van der Waals surface area contributed by atoms with E-state index in [1.165, 1.54) is 5.56 Å². The highest BCUT2D eigenvalue weighted by Gasteiger charge is 2.21. The Kier molecular flexibility index (Phi) is 4.84. The van der Waals surface area contributed by atoms with Crippen molar-refractivity contribution in [2.75, 3.05) is 7.11 Å². The zero-order chi connectivity index (χ0) is 14.6. The van der Waals surface area contributed by atoms with Crippen molar-refractivity contribution in [1.29, 1.82) is 0 Å². The number of rotatable bonds is 5. The molecular formula is C17H20BrNO. The third-order valence-electron chi connectivity index (χ3n) is 3.58. The summed E-state index contributed by atoms with van der Waals surface area (Å²) in [6, 6.07) is 16.4. The van der Waals surface area contributed by atoms with Crippen molar-refractivity contribution in [2.24, 2.45) is 5.73 Å². The number of aryl methyl sites for hydroxylation is 1. The smallest absolute Gasteiger partial charge is 0.118 e. The van der Waals surface area contributed by atoms with Crippen molar-refractivity contribution in [3.05, 3.63) is 64.1 Å².